The second-order valence-electron chi connectivity index (χ2n) is 4.34. The average Bonchev–Trinajstić information content (AvgIpc) is 2.81. The summed E-state index contributed by atoms with van der Waals surface area (Å²) in [6, 6.07) is 4.65. The number of nitrogens with zero attached hydrogens (tertiary/aromatic N) is 1. The van der Waals surface area contributed by atoms with Gasteiger partial charge >= 0.3 is 5.97 Å². The monoisotopic (exact) mass is 239 g/mol. The predicted octanol–water partition coefficient (Wildman–Crippen LogP) is 2.61. The lowest BCUT2D eigenvalue weighted by atomic mass is 9.96. The first kappa shape index (κ1) is 11.6. The summed E-state index contributed by atoms with van der Waals surface area (Å²) in [5.41, 5.74) is 0. The van der Waals surface area contributed by atoms with Crippen LogP contribution in [0.25, 0.3) is 0 Å². The molecule has 16 heavy (non-hydrogen) atoms. The van der Waals surface area contributed by atoms with Crippen molar-refractivity contribution in [2.45, 2.75) is 25.8 Å². The fourth-order valence-corrected chi connectivity index (χ4v) is 3.06. The molecule has 2 rings (SSSR count). The van der Waals surface area contributed by atoms with Crippen LogP contribution in [0.15, 0.2) is 17.5 Å². The fraction of sp³-hybridized carbons (Fsp3) is 0.583. The summed E-state index contributed by atoms with van der Waals surface area (Å²) in [7, 11) is 0. The van der Waals surface area contributed by atoms with Crippen molar-refractivity contribution in [1.82, 2.24) is 4.90 Å². The van der Waals surface area contributed by atoms with Crippen molar-refractivity contribution < 1.29 is 9.90 Å². The molecule has 4 heteroatoms. The zero-order valence-corrected chi connectivity index (χ0v) is 10.2. The topological polar surface area (TPSA) is 40.5 Å². The molecule has 88 valence electrons. The first-order valence-corrected chi connectivity index (χ1v) is 6.56. The van der Waals surface area contributed by atoms with Gasteiger partial charge in [0.15, 0.2) is 0 Å². The van der Waals surface area contributed by atoms with E-state index in [1.807, 2.05) is 0 Å². The Labute approximate surface area is 99.7 Å². The van der Waals surface area contributed by atoms with Crippen molar-refractivity contribution in [3.05, 3.63) is 22.4 Å². The van der Waals surface area contributed by atoms with E-state index < -0.39 is 5.97 Å². The maximum absolute atomic E-state index is 10.8. The van der Waals surface area contributed by atoms with E-state index in [0.29, 0.717) is 6.04 Å². The Bertz CT molecular complexity index is 342. The van der Waals surface area contributed by atoms with Gasteiger partial charge in [-0.25, -0.2) is 0 Å². The average molecular weight is 239 g/mol. The number of likely N-dealkylation sites (tertiary alicyclic amines) is 1. The molecule has 0 spiro atoms. The number of carbonyl (C=O) groups is 1. The molecule has 3 nitrogen and oxygen atoms in total. The van der Waals surface area contributed by atoms with E-state index in [-0.39, 0.29) is 5.92 Å². The van der Waals surface area contributed by atoms with Crippen molar-refractivity contribution in [2.24, 2.45) is 5.92 Å². The van der Waals surface area contributed by atoms with E-state index in [9.17, 15) is 4.79 Å². The molecule has 1 aromatic heterocycles. The van der Waals surface area contributed by atoms with Crippen molar-refractivity contribution in [2.75, 3.05) is 13.1 Å². The van der Waals surface area contributed by atoms with Gasteiger partial charge in [-0.05, 0) is 44.3 Å². The highest BCUT2D eigenvalue weighted by Gasteiger charge is 2.27. The second kappa shape index (κ2) is 4.97. The van der Waals surface area contributed by atoms with E-state index >= 15 is 0 Å². The predicted molar refractivity (Wildman–Crippen MR) is 64.7 cm³/mol. The molecule has 0 radical (unpaired) electrons. The highest BCUT2D eigenvalue weighted by Crippen LogP contribution is 2.28. The van der Waals surface area contributed by atoms with Gasteiger partial charge in [-0.1, -0.05) is 6.07 Å². The first-order valence-electron chi connectivity index (χ1n) is 5.68. The van der Waals surface area contributed by atoms with Crippen LogP contribution in [0.2, 0.25) is 0 Å². The summed E-state index contributed by atoms with van der Waals surface area (Å²) in [4.78, 5) is 14.6. The fourth-order valence-electron chi connectivity index (χ4n) is 2.24. The van der Waals surface area contributed by atoms with Gasteiger partial charge in [0.05, 0.1) is 5.92 Å². The van der Waals surface area contributed by atoms with Crippen LogP contribution >= 0.6 is 11.3 Å². The van der Waals surface area contributed by atoms with Gasteiger partial charge in [-0.15, -0.1) is 11.3 Å². The number of rotatable bonds is 3. The minimum Gasteiger partial charge on any atom is -0.481 e. The Hall–Kier alpha value is -0.870. The van der Waals surface area contributed by atoms with E-state index in [2.05, 4.69) is 29.3 Å². The molecule has 1 saturated heterocycles. The normalized spacial score (nSPS) is 20.8. The Morgan fingerprint density at radius 3 is 2.75 bits per heavy atom. The van der Waals surface area contributed by atoms with Gasteiger partial charge in [0.1, 0.15) is 0 Å². The maximum atomic E-state index is 10.8. The number of carboxylic acid groups (broad SMARTS) is 1. The second-order valence-corrected chi connectivity index (χ2v) is 5.32. The van der Waals surface area contributed by atoms with Crippen LogP contribution in [0, 0.1) is 5.92 Å². The number of carboxylic acids is 1. The lowest BCUT2D eigenvalue weighted by Crippen LogP contribution is -2.37. The number of piperidine rings is 1. The summed E-state index contributed by atoms with van der Waals surface area (Å²) >= 11 is 1.77. The van der Waals surface area contributed by atoms with Crippen LogP contribution in [-0.4, -0.2) is 29.1 Å². The summed E-state index contributed by atoms with van der Waals surface area (Å²) in [6.45, 7) is 4.00. The standard InChI is InChI=1S/C12H17NO2S/c1-9(11-3-2-8-16-11)13-6-4-10(5-7-13)12(14)15/h2-3,8-10H,4-7H2,1H3,(H,14,15)/t9-/m0/s1. The number of hydrogen-bond acceptors (Lipinski definition) is 3. The molecule has 0 saturated carbocycles. The summed E-state index contributed by atoms with van der Waals surface area (Å²) in [5, 5.41) is 11.0. The summed E-state index contributed by atoms with van der Waals surface area (Å²) < 4.78 is 0. The number of hydrogen-bond donors (Lipinski definition) is 1. The van der Waals surface area contributed by atoms with Crippen molar-refractivity contribution in [3.63, 3.8) is 0 Å². The van der Waals surface area contributed by atoms with Crippen molar-refractivity contribution >= 4 is 17.3 Å². The Morgan fingerprint density at radius 2 is 2.25 bits per heavy atom. The molecule has 1 atom stereocenters. The SMILES string of the molecule is C[C@@H](c1cccs1)N1CCC(C(=O)O)CC1. The van der Waals surface area contributed by atoms with Crippen LogP contribution in [0.5, 0.6) is 0 Å². The highest BCUT2D eigenvalue weighted by molar-refractivity contribution is 7.10. The van der Waals surface area contributed by atoms with Crippen LogP contribution in [0.3, 0.4) is 0 Å². The number of aliphatic carboxylic acids is 1. The van der Waals surface area contributed by atoms with E-state index in [4.69, 9.17) is 5.11 Å². The van der Waals surface area contributed by atoms with Gasteiger partial charge in [0.25, 0.3) is 0 Å². The molecule has 1 aliphatic rings. The molecule has 0 unspecified atom stereocenters. The largest absolute Gasteiger partial charge is 0.481 e. The van der Waals surface area contributed by atoms with E-state index in [1.165, 1.54) is 4.88 Å². The smallest absolute Gasteiger partial charge is 0.306 e. The zero-order chi connectivity index (χ0) is 11.5. The highest BCUT2D eigenvalue weighted by atomic mass is 32.1. The number of thiophene rings is 1. The van der Waals surface area contributed by atoms with Gasteiger partial charge < -0.3 is 5.11 Å². The molecule has 1 aliphatic heterocycles. The minimum absolute atomic E-state index is 0.133. The Morgan fingerprint density at radius 1 is 1.56 bits per heavy atom. The lowest BCUT2D eigenvalue weighted by molar-refractivity contribution is -0.143. The molecule has 0 amide bonds. The van der Waals surface area contributed by atoms with Gasteiger partial charge in [0, 0.05) is 10.9 Å². The molecular formula is C12H17NO2S. The van der Waals surface area contributed by atoms with Gasteiger partial charge in [0.2, 0.25) is 0 Å². The van der Waals surface area contributed by atoms with Gasteiger partial charge in [-0.3, -0.25) is 9.69 Å². The third-order valence-corrected chi connectivity index (χ3v) is 4.42. The summed E-state index contributed by atoms with van der Waals surface area (Å²) in [5.74, 6) is -0.768. The Kier molecular flexibility index (Phi) is 3.61. The minimum atomic E-state index is -0.636. The Balaban J connectivity index is 1.92. The van der Waals surface area contributed by atoms with E-state index in [0.717, 1.165) is 25.9 Å². The molecular weight excluding hydrogens is 222 g/mol. The van der Waals surface area contributed by atoms with Crippen LogP contribution in [0.1, 0.15) is 30.7 Å². The van der Waals surface area contributed by atoms with Crippen LogP contribution in [-0.2, 0) is 4.79 Å². The molecule has 0 aliphatic carbocycles. The van der Waals surface area contributed by atoms with Crippen LogP contribution < -0.4 is 0 Å². The molecule has 1 aromatic rings. The van der Waals surface area contributed by atoms with Crippen molar-refractivity contribution in [1.29, 1.82) is 0 Å². The van der Waals surface area contributed by atoms with Crippen LogP contribution in [0.4, 0.5) is 0 Å². The molecule has 2 heterocycles. The molecule has 0 bridgehead atoms. The van der Waals surface area contributed by atoms with E-state index in [1.54, 1.807) is 11.3 Å². The molecule has 1 fully saturated rings. The maximum Gasteiger partial charge on any atom is 0.306 e. The first-order chi connectivity index (χ1) is 7.68. The zero-order valence-electron chi connectivity index (χ0n) is 9.43. The third-order valence-electron chi connectivity index (χ3n) is 3.38. The summed E-state index contributed by atoms with van der Waals surface area (Å²) in [6.07, 6.45) is 1.57. The quantitative estimate of drug-likeness (QED) is 0.881. The molecule has 1 N–H and O–H groups in total. The van der Waals surface area contributed by atoms with Crippen molar-refractivity contribution in [3.8, 4) is 0 Å². The molecule has 0 aromatic carbocycles. The third kappa shape index (κ3) is 2.44. The van der Waals surface area contributed by atoms with Gasteiger partial charge in [-0.2, -0.15) is 0 Å². The lowest BCUT2D eigenvalue weighted by Gasteiger charge is -2.34.